The first-order valence-corrected chi connectivity index (χ1v) is 10.2. The summed E-state index contributed by atoms with van der Waals surface area (Å²) in [5.41, 5.74) is 7.34. The maximum absolute atomic E-state index is 11.8. The molecule has 3 rings (SSSR count). The van der Waals surface area contributed by atoms with Gasteiger partial charge in [0.1, 0.15) is 19.0 Å². The third-order valence-corrected chi connectivity index (χ3v) is 5.18. The number of amidine groups is 1. The molecule has 0 spiro atoms. The summed E-state index contributed by atoms with van der Waals surface area (Å²) in [7, 11) is 0. The van der Waals surface area contributed by atoms with Crippen LogP contribution in [0.2, 0.25) is 5.02 Å². The molecule has 1 aliphatic rings. The van der Waals surface area contributed by atoms with Gasteiger partial charge in [-0.2, -0.15) is 4.99 Å². The van der Waals surface area contributed by atoms with E-state index in [-0.39, 0.29) is 11.1 Å². The van der Waals surface area contributed by atoms with Crippen LogP contribution in [0.5, 0.6) is 17.2 Å². The van der Waals surface area contributed by atoms with Crippen LogP contribution in [0, 0.1) is 6.92 Å². The molecule has 2 aromatic carbocycles. The number of benzene rings is 2. The van der Waals surface area contributed by atoms with Gasteiger partial charge >= 0.3 is 0 Å². The van der Waals surface area contributed by atoms with Crippen molar-refractivity contribution in [3.05, 3.63) is 57.5 Å². The van der Waals surface area contributed by atoms with Crippen LogP contribution in [0.15, 0.2) is 46.3 Å². The van der Waals surface area contributed by atoms with E-state index in [0.29, 0.717) is 41.2 Å². The Morgan fingerprint density at radius 2 is 1.90 bits per heavy atom. The molecule has 6 nitrogen and oxygen atoms in total. The smallest absolute Gasteiger partial charge is 0.286 e. The van der Waals surface area contributed by atoms with Crippen molar-refractivity contribution < 1.29 is 19.0 Å². The van der Waals surface area contributed by atoms with Crippen LogP contribution in [0.25, 0.3) is 6.08 Å². The molecule has 2 aromatic rings. The Morgan fingerprint density at radius 3 is 2.59 bits per heavy atom. The zero-order valence-corrected chi connectivity index (χ0v) is 17.7. The fraction of sp³-hybridized carbons (Fsp3) is 0.238. The van der Waals surface area contributed by atoms with Gasteiger partial charge in [0.2, 0.25) is 0 Å². The Balaban J connectivity index is 1.62. The van der Waals surface area contributed by atoms with Crippen molar-refractivity contribution in [1.29, 1.82) is 0 Å². The van der Waals surface area contributed by atoms with Gasteiger partial charge in [-0.05, 0) is 73.1 Å². The largest absolute Gasteiger partial charge is 0.490 e. The quantitative estimate of drug-likeness (QED) is 0.490. The van der Waals surface area contributed by atoms with Gasteiger partial charge in [0, 0.05) is 5.02 Å². The highest BCUT2D eigenvalue weighted by atomic mass is 35.5. The monoisotopic (exact) mass is 432 g/mol. The van der Waals surface area contributed by atoms with Gasteiger partial charge in [0.25, 0.3) is 5.91 Å². The van der Waals surface area contributed by atoms with Crippen LogP contribution < -0.4 is 19.9 Å². The summed E-state index contributed by atoms with van der Waals surface area (Å²) in [6, 6.07) is 11.0. The molecule has 152 valence electrons. The first kappa shape index (κ1) is 21.1. The number of halogens is 1. The van der Waals surface area contributed by atoms with Crippen LogP contribution in [0.1, 0.15) is 18.1 Å². The Kier molecular flexibility index (Phi) is 7.06. The molecular weight excluding hydrogens is 412 g/mol. The predicted molar refractivity (Wildman–Crippen MR) is 117 cm³/mol. The normalized spacial score (nSPS) is 14.8. The molecule has 0 aromatic heterocycles. The van der Waals surface area contributed by atoms with E-state index in [0.717, 1.165) is 28.6 Å². The molecule has 1 amide bonds. The van der Waals surface area contributed by atoms with Crippen molar-refractivity contribution in [2.75, 3.05) is 19.8 Å². The number of carbonyl (C=O) groups excluding carboxylic acids is 1. The number of ether oxygens (including phenoxy) is 3. The molecule has 0 fully saturated rings. The van der Waals surface area contributed by atoms with E-state index in [4.69, 9.17) is 31.5 Å². The first-order chi connectivity index (χ1) is 14.0. The summed E-state index contributed by atoms with van der Waals surface area (Å²) in [5, 5.41) is 0.957. The molecule has 1 heterocycles. The number of hydrogen-bond acceptors (Lipinski definition) is 6. The minimum Gasteiger partial charge on any atom is -0.490 e. The van der Waals surface area contributed by atoms with Gasteiger partial charge in [-0.25, -0.2) is 0 Å². The highest BCUT2D eigenvalue weighted by molar-refractivity contribution is 8.18. The lowest BCUT2D eigenvalue weighted by molar-refractivity contribution is -0.113. The number of rotatable bonds is 8. The van der Waals surface area contributed by atoms with Crippen LogP contribution in [-0.2, 0) is 4.79 Å². The molecule has 0 saturated carbocycles. The Labute approximate surface area is 178 Å². The SMILES string of the molecule is CCOc1cc(/C=C2/SC(N)=NC2=O)ccc1OCCOc1ccc(Cl)c(C)c1. The van der Waals surface area contributed by atoms with Crippen LogP contribution in [-0.4, -0.2) is 30.9 Å². The van der Waals surface area contributed by atoms with Crippen LogP contribution in [0.3, 0.4) is 0 Å². The number of hydrogen-bond donors (Lipinski definition) is 1. The second kappa shape index (κ2) is 9.71. The van der Waals surface area contributed by atoms with Crippen molar-refractivity contribution in [2.45, 2.75) is 13.8 Å². The highest BCUT2D eigenvalue weighted by Crippen LogP contribution is 2.32. The number of aliphatic imine (C=N–C) groups is 1. The van der Waals surface area contributed by atoms with Gasteiger partial charge in [0.05, 0.1) is 11.5 Å². The number of carbonyl (C=O) groups is 1. The summed E-state index contributed by atoms with van der Waals surface area (Å²) >= 11 is 7.17. The molecule has 0 bridgehead atoms. The zero-order chi connectivity index (χ0) is 20.8. The second-order valence-corrected chi connectivity index (χ2v) is 7.58. The van der Waals surface area contributed by atoms with Crippen LogP contribution in [0.4, 0.5) is 0 Å². The molecule has 0 aliphatic carbocycles. The van der Waals surface area contributed by atoms with E-state index in [1.54, 1.807) is 18.2 Å². The number of nitrogens with two attached hydrogens (primary N) is 1. The van der Waals surface area contributed by atoms with Gasteiger partial charge < -0.3 is 19.9 Å². The third kappa shape index (κ3) is 5.68. The molecule has 0 unspecified atom stereocenters. The number of thioether (sulfide) groups is 1. The summed E-state index contributed by atoms with van der Waals surface area (Å²) < 4.78 is 17.2. The summed E-state index contributed by atoms with van der Waals surface area (Å²) in [6.07, 6.45) is 1.73. The van der Waals surface area contributed by atoms with E-state index in [1.165, 1.54) is 0 Å². The van der Waals surface area contributed by atoms with Gasteiger partial charge in [-0.1, -0.05) is 17.7 Å². The fourth-order valence-electron chi connectivity index (χ4n) is 2.60. The molecule has 0 atom stereocenters. The van der Waals surface area contributed by atoms with Crippen molar-refractivity contribution >= 4 is 40.5 Å². The first-order valence-electron chi connectivity index (χ1n) is 9.03. The molecule has 0 radical (unpaired) electrons. The lowest BCUT2D eigenvalue weighted by atomic mass is 10.2. The lowest BCUT2D eigenvalue weighted by Crippen LogP contribution is -2.10. The lowest BCUT2D eigenvalue weighted by Gasteiger charge is -2.13. The minimum absolute atomic E-state index is 0.252. The van der Waals surface area contributed by atoms with E-state index < -0.39 is 0 Å². The topological polar surface area (TPSA) is 83.1 Å². The van der Waals surface area contributed by atoms with E-state index in [9.17, 15) is 4.79 Å². The van der Waals surface area contributed by atoms with Crippen molar-refractivity contribution in [3.8, 4) is 17.2 Å². The fourth-order valence-corrected chi connectivity index (χ4v) is 3.40. The molecule has 8 heteroatoms. The predicted octanol–water partition coefficient (Wildman–Crippen LogP) is 4.43. The van der Waals surface area contributed by atoms with E-state index in [1.807, 2.05) is 38.1 Å². The Bertz CT molecular complexity index is 975. The molecular formula is C21H21ClN2O4S. The zero-order valence-electron chi connectivity index (χ0n) is 16.1. The second-order valence-electron chi connectivity index (χ2n) is 6.11. The molecule has 0 saturated heterocycles. The summed E-state index contributed by atoms with van der Waals surface area (Å²) in [6.45, 7) is 5.03. The molecule has 1 aliphatic heterocycles. The number of aryl methyl sites for hydroxylation is 1. The minimum atomic E-state index is -0.333. The van der Waals surface area contributed by atoms with E-state index in [2.05, 4.69) is 4.99 Å². The standard InChI is InChI=1S/C21H21ClN2O4S/c1-3-26-18-11-14(12-19-20(25)24-21(23)29-19)4-7-17(18)28-9-8-27-15-5-6-16(22)13(2)10-15/h4-7,10-12H,3,8-9H2,1-2H3,(H2,23,24,25)/b19-12+. The molecule has 29 heavy (non-hydrogen) atoms. The highest BCUT2D eigenvalue weighted by Gasteiger charge is 2.19. The third-order valence-electron chi connectivity index (χ3n) is 3.94. The number of nitrogens with zero attached hydrogens (tertiary/aromatic N) is 1. The number of amides is 1. The Morgan fingerprint density at radius 1 is 1.10 bits per heavy atom. The Hall–Kier alpha value is -2.64. The van der Waals surface area contributed by atoms with Gasteiger partial charge in [-0.3, -0.25) is 4.79 Å². The maximum Gasteiger partial charge on any atom is 0.286 e. The van der Waals surface area contributed by atoms with Gasteiger partial charge in [0.15, 0.2) is 16.7 Å². The van der Waals surface area contributed by atoms with Gasteiger partial charge in [-0.15, -0.1) is 0 Å². The van der Waals surface area contributed by atoms with Crippen molar-refractivity contribution in [1.82, 2.24) is 0 Å². The van der Waals surface area contributed by atoms with Crippen molar-refractivity contribution in [2.24, 2.45) is 10.7 Å². The average Bonchev–Trinajstić information content (AvgIpc) is 3.00. The van der Waals surface area contributed by atoms with E-state index >= 15 is 0 Å². The van der Waals surface area contributed by atoms with Crippen molar-refractivity contribution in [3.63, 3.8) is 0 Å². The average molecular weight is 433 g/mol. The molecule has 2 N–H and O–H groups in total. The van der Waals surface area contributed by atoms with Crippen LogP contribution >= 0.6 is 23.4 Å². The maximum atomic E-state index is 11.8. The summed E-state index contributed by atoms with van der Waals surface area (Å²) in [4.78, 5) is 15.9. The summed E-state index contributed by atoms with van der Waals surface area (Å²) in [5.74, 6) is 1.60.